The highest BCUT2D eigenvalue weighted by molar-refractivity contribution is 9.10. The van der Waals surface area contributed by atoms with Gasteiger partial charge in [0.1, 0.15) is 5.52 Å². The Morgan fingerprint density at radius 1 is 1.15 bits per heavy atom. The number of aromatic amines is 1. The molecule has 0 spiro atoms. The van der Waals surface area contributed by atoms with Gasteiger partial charge in [0.05, 0.1) is 17.3 Å². The first-order chi connectivity index (χ1) is 12.8. The number of pyridine rings is 2. The van der Waals surface area contributed by atoms with E-state index in [1.54, 1.807) is 16.7 Å². The third-order valence-electron chi connectivity index (χ3n) is 4.05. The van der Waals surface area contributed by atoms with E-state index in [0.29, 0.717) is 32.5 Å². The predicted molar refractivity (Wildman–Crippen MR) is 94.3 cm³/mol. The highest BCUT2D eigenvalue weighted by Crippen LogP contribution is 2.32. The molecule has 0 amide bonds. The number of benzene rings is 1. The Hall–Kier alpha value is -2.94. The molecule has 4 aromatic rings. The largest absolute Gasteiger partial charge is 0.416 e. The van der Waals surface area contributed by atoms with Gasteiger partial charge in [0.15, 0.2) is 0 Å². The number of nitrogens with zero attached hydrogens (tertiary/aromatic N) is 2. The number of rotatable bonds is 2. The number of oxazole rings is 1. The van der Waals surface area contributed by atoms with E-state index in [0.717, 1.165) is 12.1 Å². The Balaban J connectivity index is 1.84. The lowest BCUT2D eigenvalue weighted by molar-refractivity contribution is -0.588. The van der Waals surface area contributed by atoms with Crippen LogP contribution in [0.15, 0.2) is 69.1 Å². The van der Waals surface area contributed by atoms with Crippen LogP contribution in [0.4, 0.5) is 13.2 Å². The molecule has 136 valence electrons. The van der Waals surface area contributed by atoms with Gasteiger partial charge < -0.3 is 9.40 Å². The monoisotopic (exact) mass is 436 g/mol. The molecule has 3 heterocycles. The summed E-state index contributed by atoms with van der Waals surface area (Å²) in [5.74, 6) is 0. The van der Waals surface area contributed by atoms with E-state index in [1.165, 1.54) is 30.9 Å². The van der Waals surface area contributed by atoms with Gasteiger partial charge in [-0.2, -0.15) is 13.2 Å². The van der Waals surface area contributed by atoms with Crippen molar-refractivity contribution in [3.63, 3.8) is 0 Å². The molecule has 1 N–H and O–H groups in total. The fourth-order valence-corrected chi connectivity index (χ4v) is 3.26. The van der Waals surface area contributed by atoms with Crippen LogP contribution in [0, 0.1) is 0 Å². The molecule has 9 heteroatoms. The summed E-state index contributed by atoms with van der Waals surface area (Å²) in [6.07, 6.45) is 0.0144. The molecule has 3 aromatic heterocycles. The first kappa shape index (κ1) is 17.5. The van der Waals surface area contributed by atoms with Crippen molar-refractivity contribution in [3.05, 3.63) is 75.8 Å². The molecule has 0 fully saturated rings. The average Bonchev–Trinajstić information content (AvgIpc) is 3.02. The molecule has 27 heavy (non-hydrogen) atoms. The van der Waals surface area contributed by atoms with Crippen LogP contribution in [-0.2, 0) is 6.18 Å². The molecular weight excluding hydrogens is 427 g/mol. The van der Waals surface area contributed by atoms with E-state index in [2.05, 4.69) is 25.9 Å². The lowest BCUT2D eigenvalue weighted by Gasteiger charge is -2.06. The summed E-state index contributed by atoms with van der Waals surface area (Å²) >= 11 is 3.29. The highest BCUT2D eigenvalue weighted by atomic mass is 79.9. The van der Waals surface area contributed by atoms with Gasteiger partial charge in [-0.05, 0) is 46.3 Å². The molecule has 1 aromatic carbocycles. The van der Waals surface area contributed by atoms with Crippen molar-refractivity contribution in [2.75, 3.05) is 0 Å². The minimum atomic E-state index is -4.41. The number of halogens is 4. The topological polar surface area (TPSA) is 62.8 Å². The maximum absolute atomic E-state index is 12.8. The van der Waals surface area contributed by atoms with E-state index in [4.69, 9.17) is 4.42 Å². The highest BCUT2D eigenvalue weighted by Gasteiger charge is 2.31. The zero-order valence-electron chi connectivity index (χ0n) is 13.4. The number of hydrogen-bond donors (Lipinski definition) is 1. The fourth-order valence-electron chi connectivity index (χ4n) is 2.76. The Morgan fingerprint density at radius 3 is 2.59 bits per heavy atom. The Kier molecular flexibility index (Phi) is 4.11. The van der Waals surface area contributed by atoms with Gasteiger partial charge in [0.25, 0.3) is 11.3 Å². The van der Waals surface area contributed by atoms with Gasteiger partial charge in [0, 0.05) is 17.6 Å². The summed E-state index contributed by atoms with van der Waals surface area (Å²) in [7, 11) is 0. The van der Waals surface area contributed by atoms with Crippen LogP contribution in [0.25, 0.3) is 27.8 Å². The standard InChI is InChI=1S/C18H9BrF3N3O2/c19-16-15(10-1-3-12(4-2-10)18(20,21)22)25(9-27-16)13-7-11-5-6-23-17(26)14(11)24-8-13/h1-9H/p+1. The summed E-state index contributed by atoms with van der Waals surface area (Å²) in [6, 6.07) is 8.21. The molecule has 0 aliphatic rings. The van der Waals surface area contributed by atoms with Crippen molar-refractivity contribution in [2.24, 2.45) is 0 Å². The van der Waals surface area contributed by atoms with Gasteiger partial charge in [-0.25, -0.2) is 4.98 Å². The maximum atomic E-state index is 12.8. The normalized spacial score (nSPS) is 11.9. The van der Waals surface area contributed by atoms with Crippen LogP contribution in [0.1, 0.15) is 5.56 Å². The third-order valence-corrected chi connectivity index (χ3v) is 4.61. The van der Waals surface area contributed by atoms with Gasteiger partial charge in [-0.15, -0.1) is 4.57 Å². The minimum Gasteiger partial charge on any atom is -0.395 e. The second kappa shape index (κ2) is 6.34. The quantitative estimate of drug-likeness (QED) is 0.478. The number of aromatic nitrogens is 3. The second-order valence-electron chi connectivity index (χ2n) is 5.73. The summed E-state index contributed by atoms with van der Waals surface area (Å²) in [5.41, 5.74) is 0.895. The number of H-pyrrole nitrogens is 1. The van der Waals surface area contributed by atoms with Crippen molar-refractivity contribution in [1.29, 1.82) is 0 Å². The molecular formula is C18H10BrF3N3O2+. The SMILES string of the molecule is O=c1[nH]ccc2cc(-[n+]3coc(Br)c3-c3ccc(C(F)(F)F)cc3)cnc12. The Bertz CT molecular complexity index is 1200. The van der Waals surface area contributed by atoms with Gasteiger partial charge in [-0.1, -0.05) is 0 Å². The zero-order chi connectivity index (χ0) is 19.2. The number of fused-ring (bicyclic) bond motifs is 1. The van der Waals surface area contributed by atoms with Crippen LogP contribution < -0.4 is 10.1 Å². The van der Waals surface area contributed by atoms with Crippen LogP contribution >= 0.6 is 15.9 Å². The molecule has 0 atom stereocenters. The van der Waals surface area contributed by atoms with Gasteiger partial charge in [-0.3, -0.25) is 4.79 Å². The molecule has 0 aliphatic carbocycles. The molecule has 0 saturated heterocycles. The first-order valence-corrected chi connectivity index (χ1v) is 8.48. The molecule has 0 aliphatic heterocycles. The second-order valence-corrected chi connectivity index (χ2v) is 6.45. The molecule has 0 radical (unpaired) electrons. The van der Waals surface area contributed by atoms with E-state index < -0.39 is 11.7 Å². The van der Waals surface area contributed by atoms with Crippen LogP contribution in [0.5, 0.6) is 0 Å². The van der Waals surface area contributed by atoms with E-state index in [-0.39, 0.29) is 5.56 Å². The zero-order valence-corrected chi connectivity index (χ0v) is 15.0. The molecule has 4 rings (SSSR count). The lowest BCUT2D eigenvalue weighted by Crippen LogP contribution is -2.30. The molecule has 0 unspecified atom stereocenters. The Labute approximate surface area is 158 Å². The summed E-state index contributed by atoms with van der Waals surface area (Å²) in [4.78, 5) is 18.5. The maximum Gasteiger partial charge on any atom is 0.416 e. The average molecular weight is 437 g/mol. The lowest BCUT2D eigenvalue weighted by atomic mass is 10.1. The summed E-state index contributed by atoms with van der Waals surface area (Å²) in [6.45, 7) is 0. The Morgan fingerprint density at radius 2 is 1.89 bits per heavy atom. The van der Waals surface area contributed by atoms with Crippen LogP contribution in [0.2, 0.25) is 0 Å². The number of nitrogens with one attached hydrogen (secondary N) is 1. The van der Waals surface area contributed by atoms with Gasteiger partial charge in [0.2, 0.25) is 10.4 Å². The van der Waals surface area contributed by atoms with E-state index >= 15 is 0 Å². The van der Waals surface area contributed by atoms with Crippen LogP contribution in [-0.4, -0.2) is 9.97 Å². The van der Waals surface area contributed by atoms with Crippen molar-refractivity contribution in [1.82, 2.24) is 9.97 Å². The van der Waals surface area contributed by atoms with Crippen molar-refractivity contribution < 1.29 is 22.2 Å². The van der Waals surface area contributed by atoms with Crippen LogP contribution in [0.3, 0.4) is 0 Å². The van der Waals surface area contributed by atoms with E-state index in [1.807, 2.05) is 0 Å². The first-order valence-electron chi connectivity index (χ1n) is 7.69. The van der Waals surface area contributed by atoms with E-state index in [9.17, 15) is 18.0 Å². The number of hydrogen-bond acceptors (Lipinski definition) is 3. The fraction of sp³-hybridized carbons (Fsp3) is 0.0556. The summed E-state index contributed by atoms with van der Waals surface area (Å²) < 4.78 is 45.8. The third kappa shape index (κ3) is 3.14. The minimum absolute atomic E-state index is 0.292. The molecule has 5 nitrogen and oxygen atoms in total. The molecule has 0 saturated carbocycles. The smallest absolute Gasteiger partial charge is 0.395 e. The van der Waals surface area contributed by atoms with Crippen molar-refractivity contribution in [3.8, 4) is 16.9 Å². The summed E-state index contributed by atoms with van der Waals surface area (Å²) in [5, 5.41) is 0.624. The van der Waals surface area contributed by atoms with Gasteiger partial charge >= 0.3 is 12.6 Å². The predicted octanol–water partition coefficient (Wildman–Crippen LogP) is 4.24. The number of alkyl halides is 3. The van der Waals surface area contributed by atoms with Crippen molar-refractivity contribution >= 4 is 26.8 Å². The van der Waals surface area contributed by atoms with Crippen molar-refractivity contribution in [2.45, 2.75) is 6.18 Å². The molecule has 0 bridgehead atoms.